The summed E-state index contributed by atoms with van der Waals surface area (Å²) in [4.78, 5) is 0. The zero-order chi connectivity index (χ0) is 15.2. The first-order valence-electron chi connectivity index (χ1n) is 7.44. The zero-order valence-corrected chi connectivity index (χ0v) is 14.6. The van der Waals surface area contributed by atoms with Gasteiger partial charge in [0.05, 0.1) is 0 Å². The molecule has 20 heavy (non-hydrogen) atoms. The van der Waals surface area contributed by atoms with Gasteiger partial charge in [-0.3, -0.25) is 0 Å². The van der Waals surface area contributed by atoms with Gasteiger partial charge >= 0.3 is 0 Å². The maximum absolute atomic E-state index is 6.34. The second kappa shape index (κ2) is 7.77. The summed E-state index contributed by atoms with van der Waals surface area (Å²) >= 11 is 0. The van der Waals surface area contributed by atoms with Crippen molar-refractivity contribution in [1.29, 1.82) is 0 Å². The van der Waals surface area contributed by atoms with Gasteiger partial charge in [-0.25, -0.2) is 0 Å². The highest BCUT2D eigenvalue weighted by molar-refractivity contribution is 6.69. The number of hydroxylamine groups is 2. The van der Waals surface area contributed by atoms with Crippen LogP contribution in [0.3, 0.4) is 0 Å². The molecule has 0 radical (unpaired) electrons. The first kappa shape index (κ1) is 17.1. The molecule has 112 valence electrons. The van der Waals surface area contributed by atoms with Crippen molar-refractivity contribution in [2.24, 2.45) is 5.92 Å². The Morgan fingerprint density at radius 2 is 1.80 bits per heavy atom. The van der Waals surface area contributed by atoms with Crippen molar-refractivity contribution in [1.82, 2.24) is 5.06 Å². The molecule has 0 bridgehead atoms. The largest absolute Gasteiger partial charge is 0.343 e. The normalized spacial score (nSPS) is 13.8. The van der Waals surface area contributed by atoms with Gasteiger partial charge in [-0.15, -0.1) is 6.58 Å². The molecule has 0 N–H and O–H groups in total. The summed E-state index contributed by atoms with van der Waals surface area (Å²) in [6, 6.07) is 10.9. The van der Waals surface area contributed by atoms with Crippen molar-refractivity contribution < 1.29 is 4.53 Å². The molecular weight excluding hydrogens is 262 g/mol. The van der Waals surface area contributed by atoms with Crippen LogP contribution < -0.4 is 0 Å². The van der Waals surface area contributed by atoms with Crippen LogP contribution in [0.15, 0.2) is 43.0 Å². The Hall–Kier alpha value is -0.903. The minimum Gasteiger partial charge on any atom is -0.343 e. The molecule has 0 saturated heterocycles. The van der Waals surface area contributed by atoms with Crippen LogP contribution >= 0.6 is 0 Å². The Morgan fingerprint density at radius 3 is 2.25 bits per heavy atom. The van der Waals surface area contributed by atoms with Crippen LogP contribution in [0.1, 0.15) is 25.8 Å². The van der Waals surface area contributed by atoms with E-state index in [0.717, 1.165) is 13.0 Å². The fraction of sp³-hybridized carbons (Fsp3) is 0.529. The fourth-order valence-corrected chi connectivity index (χ4v) is 3.13. The molecule has 0 aliphatic carbocycles. The maximum atomic E-state index is 6.34. The Balaban J connectivity index is 2.91. The molecule has 0 spiro atoms. The smallest absolute Gasteiger partial charge is 0.212 e. The standard InChI is InChI=1S/C17H29NOSi/c1-7-11-17(15(2)3)18(19-20(4,5)6)14-16-12-9-8-10-13-16/h7-10,12-13,15,17H,1,11,14H2,2-6H3. The first-order chi connectivity index (χ1) is 9.33. The highest BCUT2D eigenvalue weighted by Crippen LogP contribution is 2.21. The minimum absolute atomic E-state index is 0.374. The predicted molar refractivity (Wildman–Crippen MR) is 89.9 cm³/mol. The molecule has 0 fully saturated rings. The van der Waals surface area contributed by atoms with Crippen LogP contribution in [-0.4, -0.2) is 19.4 Å². The molecule has 0 aliphatic heterocycles. The van der Waals surface area contributed by atoms with Gasteiger partial charge in [-0.05, 0) is 37.5 Å². The lowest BCUT2D eigenvalue weighted by Crippen LogP contribution is -2.45. The van der Waals surface area contributed by atoms with Gasteiger partial charge in [0.1, 0.15) is 0 Å². The molecule has 0 aromatic heterocycles. The predicted octanol–water partition coefficient (Wildman–Crippen LogP) is 4.86. The maximum Gasteiger partial charge on any atom is 0.212 e. The molecule has 0 amide bonds. The molecule has 3 heteroatoms. The SMILES string of the molecule is C=CCC(C(C)C)N(Cc1ccccc1)O[Si](C)(C)C. The van der Waals surface area contributed by atoms with E-state index in [1.165, 1.54) is 5.56 Å². The topological polar surface area (TPSA) is 12.5 Å². The van der Waals surface area contributed by atoms with E-state index in [4.69, 9.17) is 4.53 Å². The quantitative estimate of drug-likeness (QED) is 0.385. The summed E-state index contributed by atoms with van der Waals surface area (Å²) in [5, 5.41) is 2.19. The van der Waals surface area contributed by atoms with Crippen molar-refractivity contribution >= 4 is 8.32 Å². The van der Waals surface area contributed by atoms with E-state index < -0.39 is 8.32 Å². The molecule has 0 saturated carbocycles. The summed E-state index contributed by atoms with van der Waals surface area (Å²) in [7, 11) is -1.62. The summed E-state index contributed by atoms with van der Waals surface area (Å²) in [6.45, 7) is 15.9. The Bertz CT molecular complexity index is 397. The highest BCUT2D eigenvalue weighted by Gasteiger charge is 2.27. The zero-order valence-electron chi connectivity index (χ0n) is 13.6. The molecule has 1 unspecified atom stereocenters. The summed E-state index contributed by atoms with van der Waals surface area (Å²) in [6.07, 6.45) is 2.95. The first-order valence-corrected chi connectivity index (χ1v) is 10.8. The van der Waals surface area contributed by atoms with Crippen molar-refractivity contribution in [3.05, 3.63) is 48.6 Å². The van der Waals surface area contributed by atoms with Crippen LogP contribution in [0.5, 0.6) is 0 Å². The van der Waals surface area contributed by atoms with Crippen LogP contribution in [0.25, 0.3) is 0 Å². The molecular formula is C17H29NOSi. The number of hydrogen-bond donors (Lipinski definition) is 0. The average Bonchev–Trinajstić information content (AvgIpc) is 2.34. The monoisotopic (exact) mass is 291 g/mol. The second-order valence-corrected chi connectivity index (χ2v) is 11.0. The average molecular weight is 292 g/mol. The minimum atomic E-state index is -1.62. The molecule has 1 aromatic carbocycles. The number of nitrogens with zero attached hydrogens (tertiary/aromatic N) is 1. The molecule has 1 atom stereocenters. The lowest BCUT2D eigenvalue weighted by molar-refractivity contribution is -0.125. The number of hydrogen-bond acceptors (Lipinski definition) is 2. The van der Waals surface area contributed by atoms with Gasteiger partial charge in [-0.1, -0.05) is 50.3 Å². The van der Waals surface area contributed by atoms with E-state index in [9.17, 15) is 0 Å². The Labute approximate surface area is 125 Å². The summed E-state index contributed by atoms with van der Waals surface area (Å²) < 4.78 is 6.34. The van der Waals surface area contributed by atoms with Gasteiger partial charge in [0, 0.05) is 12.6 Å². The van der Waals surface area contributed by atoms with Gasteiger partial charge in [0.2, 0.25) is 8.32 Å². The van der Waals surface area contributed by atoms with E-state index in [2.05, 4.69) is 75.5 Å². The summed E-state index contributed by atoms with van der Waals surface area (Å²) in [5.41, 5.74) is 1.29. The van der Waals surface area contributed by atoms with E-state index in [1.807, 2.05) is 6.08 Å². The molecule has 0 heterocycles. The van der Waals surface area contributed by atoms with Crippen molar-refractivity contribution in [2.75, 3.05) is 0 Å². The van der Waals surface area contributed by atoms with Gasteiger partial charge in [0.15, 0.2) is 0 Å². The van der Waals surface area contributed by atoms with Gasteiger partial charge in [-0.2, -0.15) is 5.06 Å². The van der Waals surface area contributed by atoms with Crippen molar-refractivity contribution in [3.63, 3.8) is 0 Å². The van der Waals surface area contributed by atoms with Crippen LogP contribution in [0.4, 0.5) is 0 Å². The summed E-state index contributed by atoms with van der Waals surface area (Å²) in [5.74, 6) is 0.535. The molecule has 1 rings (SSSR count). The van der Waals surface area contributed by atoms with Gasteiger partial charge in [0.25, 0.3) is 0 Å². The lowest BCUT2D eigenvalue weighted by Gasteiger charge is -2.37. The van der Waals surface area contributed by atoms with Crippen LogP contribution in [0.2, 0.25) is 19.6 Å². The molecule has 2 nitrogen and oxygen atoms in total. The third-order valence-corrected chi connectivity index (χ3v) is 3.90. The van der Waals surface area contributed by atoms with Crippen molar-refractivity contribution in [3.8, 4) is 0 Å². The van der Waals surface area contributed by atoms with E-state index >= 15 is 0 Å². The van der Waals surface area contributed by atoms with Crippen LogP contribution in [0, 0.1) is 5.92 Å². The second-order valence-electron chi connectivity index (χ2n) is 6.60. The number of benzene rings is 1. The number of rotatable bonds is 8. The van der Waals surface area contributed by atoms with E-state index in [0.29, 0.717) is 12.0 Å². The Morgan fingerprint density at radius 1 is 1.20 bits per heavy atom. The van der Waals surface area contributed by atoms with E-state index in [1.54, 1.807) is 0 Å². The lowest BCUT2D eigenvalue weighted by atomic mass is 10.00. The highest BCUT2D eigenvalue weighted by atomic mass is 28.4. The molecule has 0 aliphatic rings. The van der Waals surface area contributed by atoms with Gasteiger partial charge < -0.3 is 4.53 Å². The third-order valence-electron chi connectivity index (χ3n) is 3.12. The van der Waals surface area contributed by atoms with Crippen molar-refractivity contribution in [2.45, 2.75) is 52.5 Å². The third kappa shape index (κ3) is 6.03. The Kier molecular flexibility index (Phi) is 6.66. The fourth-order valence-electron chi connectivity index (χ4n) is 2.23. The molecule has 1 aromatic rings. The van der Waals surface area contributed by atoms with E-state index in [-0.39, 0.29) is 0 Å². The van der Waals surface area contributed by atoms with Crippen LogP contribution in [-0.2, 0) is 11.1 Å².